The molecule has 5 rings (SSSR count). The summed E-state index contributed by atoms with van der Waals surface area (Å²) in [5, 5.41) is 0. The molecular formula is C40H47BrN2O2S. The maximum absolute atomic E-state index is 6.24. The zero-order valence-corrected chi connectivity index (χ0v) is 29.8. The Labute approximate surface area is 287 Å². The van der Waals surface area contributed by atoms with Gasteiger partial charge in [0.1, 0.15) is 11.5 Å². The van der Waals surface area contributed by atoms with Crippen molar-refractivity contribution in [2.45, 2.75) is 90.9 Å². The minimum atomic E-state index is 0.723. The molecule has 0 amide bonds. The third-order valence-electron chi connectivity index (χ3n) is 8.28. The van der Waals surface area contributed by atoms with Crippen molar-refractivity contribution in [1.82, 2.24) is 9.97 Å². The number of fused-ring (bicyclic) bond motifs is 1. The molecule has 5 aromatic rings. The molecule has 0 aliphatic carbocycles. The monoisotopic (exact) mass is 698 g/mol. The topological polar surface area (TPSA) is 44.2 Å². The second-order valence-electron chi connectivity index (χ2n) is 12.0. The number of unbranched alkanes of at least 4 members (excludes halogenated alkanes) is 10. The number of hydrogen-bond donors (Lipinski definition) is 0. The van der Waals surface area contributed by atoms with E-state index in [1.54, 1.807) is 11.3 Å². The highest BCUT2D eigenvalue weighted by Gasteiger charge is 2.17. The third-order valence-corrected chi connectivity index (χ3v) is 9.94. The minimum absolute atomic E-state index is 0.723. The number of ether oxygens (including phenoxy) is 2. The van der Waals surface area contributed by atoms with Crippen LogP contribution in [0.1, 0.15) is 90.9 Å². The maximum Gasteiger partial charge on any atom is 0.119 e. The molecule has 6 heteroatoms. The van der Waals surface area contributed by atoms with Gasteiger partial charge in [-0.15, -0.1) is 11.3 Å². The summed E-state index contributed by atoms with van der Waals surface area (Å²) in [4.78, 5) is 11.8. The Morgan fingerprint density at radius 2 is 1.13 bits per heavy atom. The van der Waals surface area contributed by atoms with E-state index >= 15 is 0 Å². The average molecular weight is 700 g/mol. The van der Waals surface area contributed by atoms with Crippen molar-refractivity contribution in [1.29, 1.82) is 0 Å². The molecule has 0 aliphatic heterocycles. The zero-order chi connectivity index (χ0) is 32.0. The van der Waals surface area contributed by atoms with Crippen LogP contribution >= 0.6 is 27.3 Å². The Kier molecular flexibility index (Phi) is 13.5. The van der Waals surface area contributed by atoms with Gasteiger partial charge in [-0.1, -0.05) is 114 Å². The summed E-state index contributed by atoms with van der Waals surface area (Å²) in [6.07, 6.45) is 14.9. The summed E-state index contributed by atoms with van der Waals surface area (Å²) in [5.74, 6) is 1.73. The van der Waals surface area contributed by atoms with Gasteiger partial charge in [-0.3, -0.25) is 0 Å². The molecule has 242 valence electrons. The van der Waals surface area contributed by atoms with Crippen LogP contribution in [-0.4, -0.2) is 23.2 Å². The standard InChI is InChI=1S/C40H47BrN2O2S/c1-3-5-7-9-11-13-26-44-32-20-15-18-30(28-32)38-39(31-19-16-21-33(29-31)45-27-14-12-10-8-6-4-2)43-40-34(22-17-23-35(40)42-38)36-24-25-37(41)46-36/h15-25,28-29H,3-14,26-27H2,1-2H3. The van der Waals surface area contributed by atoms with Crippen LogP contribution in [0.2, 0.25) is 0 Å². The van der Waals surface area contributed by atoms with Crippen molar-refractivity contribution in [3.8, 4) is 44.5 Å². The molecule has 0 N–H and O–H groups in total. The third kappa shape index (κ3) is 9.65. The van der Waals surface area contributed by atoms with E-state index in [-0.39, 0.29) is 0 Å². The van der Waals surface area contributed by atoms with Gasteiger partial charge in [0.15, 0.2) is 0 Å². The van der Waals surface area contributed by atoms with Gasteiger partial charge in [-0.2, -0.15) is 0 Å². The van der Waals surface area contributed by atoms with Gasteiger partial charge in [0.05, 0.1) is 39.4 Å². The van der Waals surface area contributed by atoms with Crippen LogP contribution in [-0.2, 0) is 0 Å². The maximum atomic E-state index is 6.24. The summed E-state index contributed by atoms with van der Waals surface area (Å²) in [7, 11) is 0. The quantitative estimate of drug-likeness (QED) is 0.0805. The molecule has 0 bridgehead atoms. The molecule has 0 saturated carbocycles. The highest BCUT2D eigenvalue weighted by molar-refractivity contribution is 9.11. The Morgan fingerprint density at radius 1 is 0.587 bits per heavy atom. The Morgan fingerprint density at radius 3 is 1.70 bits per heavy atom. The van der Waals surface area contributed by atoms with Crippen molar-refractivity contribution in [3.63, 3.8) is 0 Å². The summed E-state index contributed by atoms with van der Waals surface area (Å²) in [6.45, 7) is 5.96. The lowest BCUT2D eigenvalue weighted by molar-refractivity contribution is 0.304. The van der Waals surface area contributed by atoms with Crippen LogP contribution in [0.5, 0.6) is 11.5 Å². The molecule has 2 aromatic heterocycles. The molecule has 0 saturated heterocycles. The predicted molar refractivity (Wildman–Crippen MR) is 199 cm³/mol. The van der Waals surface area contributed by atoms with Gasteiger partial charge >= 0.3 is 0 Å². The summed E-state index contributed by atoms with van der Waals surface area (Å²) in [5.41, 5.74) is 6.51. The molecule has 2 heterocycles. The lowest BCUT2D eigenvalue weighted by Crippen LogP contribution is -2.00. The van der Waals surface area contributed by atoms with E-state index in [0.29, 0.717) is 0 Å². The fraction of sp³-hybridized carbons (Fsp3) is 0.400. The number of hydrogen-bond acceptors (Lipinski definition) is 5. The molecule has 3 aromatic carbocycles. The van der Waals surface area contributed by atoms with Crippen molar-refractivity contribution in [3.05, 3.63) is 82.6 Å². The Balaban J connectivity index is 1.44. The van der Waals surface area contributed by atoms with Gasteiger partial charge in [0, 0.05) is 21.6 Å². The largest absolute Gasteiger partial charge is 0.494 e. The van der Waals surface area contributed by atoms with Crippen LogP contribution in [0.15, 0.2) is 82.6 Å². The van der Waals surface area contributed by atoms with E-state index in [2.05, 4.69) is 96.5 Å². The number of halogens is 1. The molecule has 0 atom stereocenters. The molecule has 0 unspecified atom stereocenters. The van der Waals surface area contributed by atoms with Crippen molar-refractivity contribution < 1.29 is 9.47 Å². The first-order valence-electron chi connectivity index (χ1n) is 17.2. The molecule has 0 fully saturated rings. The average Bonchev–Trinajstić information content (AvgIpc) is 3.52. The number of nitrogens with zero attached hydrogens (tertiary/aromatic N) is 2. The lowest BCUT2D eigenvalue weighted by Gasteiger charge is -2.14. The number of para-hydroxylation sites is 1. The molecule has 0 aliphatic rings. The molecule has 0 radical (unpaired) electrons. The Bertz CT molecular complexity index is 1670. The smallest absolute Gasteiger partial charge is 0.119 e. The van der Waals surface area contributed by atoms with Gasteiger partial charge in [-0.25, -0.2) is 9.97 Å². The van der Waals surface area contributed by atoms with Crippen LogP contribution in [0, 0.1) is 0 Å². The van der Waals surface area contributed by atoms with Crippen LogP contribution in [0.25, 0.3) is 44.0 Å². The van der Waals surface area contributed by atoms with Crippen LogP contribution < -0.4 is 9.47 Å². The van der Waals surface area contributed by atoms with Crippen molar-refractivity contribution >= 4 is 38.3 Å². The normalized spacial score (nSPS) is 11.3. The fourth-order valence-corrected chi connectivity index (χ4v) is 7.16. The lowest BCUT2D eigenvalue weighted by atomic mass is 10.0. The minimum Gasteiger partial charge on any atom is -0.494 e. The summed E-state index contributed by atoms with van der Waals surface area (Å²) in [6, 6.07) is 27.1. The number of rotatable bonds is 19. The highest BCUT2D eigenvalue weighted by atomic mass is 79.9. The zero-order valence-electron chi connectivity index (χ0n) is 27.4. The first kappa shape index (κ1) is 34.1. The van der Waals surface area contributed by atoms with Crippen molar-refractivity contribution in [2.24, 2.45) is 0 Å². The van der Waals surface area contributed by atoms with E-state index in [9.17, 15) is 0 Å². The van der Waals surface area contributed by atoms with Gasteiger partial charge in [0.2, 0.25) is 0 Å². The second kappa shape index (κ2) is 18.2. The van der Waals surface area contributed by atoms with E-state index < -0.39 is 0 Å². The van der Waals surface area contributed by atoms with Gasteiger partial charge in [0.25, 0.3) is 0 Å². The highest BCUT2D eigenvalue weighted by Crippen LogP contribution is 2.39. The first-order chi connectivity index (χ1) is 22.7. The molecule has 4 nitrogen and oxygen atoms in total. The Hall–Kier alpha value is -3.22. The SMILES string of the molecule is CCCCCCCCOc1cccc(-c2nc3cccc(-c4ccc(Br)s4)c3nc2-c2cccc(OCCCCCCCC)c2)c1. The summed E-state index contributed by atoms with van der Waals surface area (Å²) < 4.78 is 13.6. The molecule has 0 spiro atoms. The van der Waals surface area contributed by atoms with Crippen molar-refractivity contribution in [2.75, 3.05) is 13.2 Å². The number of thiophene rings is 1. The molecule has 46 heavy (non-hydrogen) atoms. The van der Waals surface area contributed by atoms with Crippen LogP contribution in [0.3, 0.4) is 0 Å². The van der Waals surface area contributed by atoms with E-state index in [1.165, 1.54) is 64.2 Å². The van der Waals surface area contributed by atoms with E-state index in [1.807, 2.05) is 12.1 Å². The molecular weight excluding hydrogens is 652 g/mol. The summed E-state index contributed by atoms with van der Waals surface area (Å²) >= 11 is 5.34. The van der Waals surface area contributed by atoms with Gasteiger partial charge < -0.3 is 9.47 Å². The number of benzene rings is 3. The van der Waals surface area contributed by atoms with E-state index in [0.717, 1.165) is 85.3 Å². The van der Waals surface area contributed by atoms with Gasteiger partial charge in [-0.05, 0) is 71.2 Å². The predicted octanol–water partition coefficient (Wildman–Crippen LogP) is 12.9. The fourth-order valence-electron chi connectivity index (χ4n) is 5.75. The van der Waals surface area contributed by atoms with Crippen LogP contribution in [0.4, 0.5) is 0 Å². The first-order valence-corrected chi connectivity index (χ1v) is 18.8. The van der Waals surface area contributed by atoms with E-state index in [4.69, 9.17) is 19.4 Å². The second-order valence-corrected chi connectivity index (χ2v) is 14.4. The number of aromatic nitrogens is 2.